The Bertz CT molecular complexity index is 458. The van der Waals surface area contributed by atoms with Gasteiger partial charge in [-0.3, -0.25) is 0 Å². The molecule has 0 saturated carbocycles. The normalized spacial score (nSPS) is 18.3. The number of methoxy groups -OCH3 is 1. The molecule has 0 radical (unpaired) electrons. The van der Waals surface area contributed by atoms with Gasteiger partial charge in [-0.05, 0) is 25.0 Å². The van der Waals surface area contributed by atoms with Crippen LogP contribution in [0.5, 0.6) is 0 Å². The summed E-state index contributed by atoms with van der Waals surface area (Å²) in [6.07, 6.45) is 2.33. The summed E-state index contributed by atoms with van der Waals surface area (Å²) >= 11 is 0. The highest BCUT2D eigenvalue weighted by molar-refractivity contribution is 5.88. The third kappa shape index (κ3) is 3.14. The molecule has 1 aromatic heterocycles. The topological polar surface area (TPSA) is 77.7 Å². The van der Waals surface area contributed by atoms with Crippen LogP contribution in [0.2, 0.25) is 0 Å². The molecule has 6 heteroatoms. The van der Waals surface area contributed by atoms with Crippen LogP contribution in [-0.2, 0) is 9.47 Å². The Morgan fingerprint density at radius 1 is 1.63 bits per heavy atom. The van der Waals surface area contributed by atoms with Crippen molar-refractivity contribution in [2.75, 3.05) is 37.9 Å². The number of nitrogens with zero attached hydrogens (tertiary/aromatic N) is 2. The lowest BCUT2D eigenvalue weighted by Crippen LogP contribution is -2.30. The SMILES string of the molecule is COC(=O)c1ccc(N)c(N(C)CC2CCCO2)n1. The summed E-state index contributed by atoms with van der Waals surface area (Å²) in [5.41, 5.74) is 6.70. The summed E-state index contributed by atoms with van der Waals surface area (Å²) in [5.74, 6) is 0.116. The number of nitrogen functional groups attached to an aromatic ring is 1. The molecule has 0 bridgehead atoms. The molecule has 1 aliphatic heterocycles. The molecule has 1 unspecified atom stereocenters. The van der Waals surface area contributed by atoms with E-state index in [2.05, 4.69) is 9.72 Å². The summed E-state index contributed by atoms with van der Waals surface area (Å²) in [4.78, 5) is 17.6. The van der Waals surface area contributed by atoms with Crippen LogP contribution in [0.15, 0.2) is 12.1 Å². The number of anilines is 2. The molecule has 1 saturated heterocycles. The van der Waals surface area contributed by atoms with Crippen molar-refractivity contribution in [2.24, 2.45) is 0 Å². The van der Waals surface area contributed by atoms with Crippen molar-refractivity contribution in [3.05, 3.63) is 17.8 Å². The number of nitrogens with two attached hydrogens (primary N) is 1. The predicted octanol–water partition coefficient (Wildman–Crippen LogP) is 1.07. The van der Waals surface area contributed by atoms with Gasteiger partial charge in [-0.2, -0.15) is 0 Å². The molecule has 104 valence electrons. The van der Waals surface area contributed by atoms with Crippen LogP contribution in [0.1, 0.15) is 23.3 Å². The van der Waals surface area contributed by atoms with Crippen molar-refractivity contribution in [3.8, 4) is 0 Å². The van der Waals surface area contributed by atoms with Gasteiger partial charge in [0.2, 0.25) is 0 Å². The number of likely N-dealkylation sites (N-methyl/N-ethyl adjacent to an activating group) is 1. The number of hydrogen-bond donors (Lipinski definition) is 1. The molecule has 19 heavy (non-hydrogen) atoms. The second-order valence-corrected chi connectivity index (χ2v) is 4.62. The van der Waals surface area contributed by atoms with E-state index in [1.165, 1.54) is 7.11 Å². The van der Waals surface area contributed by atoms with E-state index in [9.17, 15) is 4.79 Å². The minimum absolute atomic E-state index is 0.202. The Balaban J connectivity index is 2.14. The largest absolute Gasteiger partial charge is 0.464 e. The first-order valence-electron chi connectivity index (χ1n) is 6.29. The fraction of sp³-hybridized carbons (Fsp3) is 0.538. The first-order valence-corrected chi connectivity index (χ1v) is 6.29. The van der Waals surface area contributed by atoms with Gasteiger partial charge in [0.15, 0.2) is 11.5 Å². The number of carbonyl (C=O) groups excluding carboxylic acids is 1. The van der Waals surface area contributed by atoms with E-state index in [-0.39, 0.29) is 11.8 Å². The molecular weight excluding hydrogens is 246 g/mol. The number of rotatable bonds is 4. The minimum atomic E-state index is -0.466. The van der Waals surface area contributed by atoms with Crippen LogP contribution in [0.3, 0.4) is 0 Å². The van der Waals surface area contributed by atoms with E-state index in [4.69, 9.17) is 10.5 Å². The lowest BCUT2D eigenvalue weighted by Gasteiger charge is -2.23. The number of esters is 1. The molecule has 2 heterocycles. The van der Waals surface area contributed by atoms with Crippen LogP contribution >= 0.6 is 0 Å². The van der Waals surface area contributed by atoms with Crippen LogP contribution in [-0.4, -0.2) is 44.4 Å². The Labute approximate surface area is 112 Å². The molecule has 6 nitrogen and oxygen atoms in total. The molecule has 1 fully saturated rings. The maximum atomic E-state index is 11.5. The predicted molar refractivity (Wildman–Crippen MR) is 72.2 cm³/mol. The second-order valence-electron chi connectivity index (χ2n) is 4.62. The molecule has 0 amide bonds. The molecule has 1 aliphatic rings. The summed E-state index contributed by atoms with van der Waals surface area (Å²) in [7, 11) is 3.22. The molecule has 0 spiro atoms. The van der Waals surface area contributed by atoms with Gasteiger partial charge in [0, 0.05) is 20.2 Å². The van der Waals surface area contributed by atoms with Crippen LogP contribution in [0.4, 0.5) is 11.5 Å². The van der Waals surface area contributed by atoms with E-state index < -0.39 is 5.97 Å². The molecule has 1 aromatic rings. The van der Waals surface area contributed by atoms with Crippen LogP contribution < -0.4 is 10.6 Å². The van der Waals surface area contributed by atoms with Gasteiger partial charge in [0.1, 0.15) is 0 Å². The standard InChI is InChI=1S/C13H19N3O3/c1-16(8-9-4-3-7-19-9)12-10(14)5-6-11(15-12)13(17)18-2/h5-6,9H,3-4,7-8,14H2,1-2H3. The molecule has 2 N–H and O–H groups in total. The zero-order valence-corrected chi connectivity index (χ0v) is 11.3. The summed E-state index contributed by atoms with van der Waals surface area (Å²) in [6, 6.07) is 3.23. The zero-order valence-electron chi connectivity index (χ0n) is 11.3. The summed E-state index contributed by atoms with van der Waals surface area (Å²) in [6.45, 7) is 1.52. The quantitative estimate of drug-likeness (QED) is 0.820. The van der Waals surface area contributed by atoms with Gasteiger partial charge < -0.3 is 20.1 Å². The molecule has 1 atom stereocenters. The van der Waals surface area contributed by atoms with Crippen molar-refractivity contribution in [2.45, 2.75) is 18.9 Å². The first kappa shape index (κ1) is 13.6. The number of pyridine rings is 1. The van der Waals surface area contributed by atoms with Gasteiger partial charge in [-0.25, -0.2) is 9.78 Å². The second kappa shape index (κ2) is 5.88. The van der Waals surface area contributed by atoms with Crippen molar-refractivity contribution >= 4 is 17.5 Å². The fourth-order valence-electron chi connectivity index (χ4n) is 2.16. The van der Waals surface area contributed by atoms with E-state index in [0.29, 0.717) is 18.1 Å². The number of hydrogen-bond acceptors (Lipinski definition) is 6. The van der Waals surface area contributed by atoms with Crippen molar-refractivity contribution < 1.29 is 14.3 Å². The van der Waals surface area contributed by atoms with Crippen LogP contribution in [0, 0.1) is 0 Å². The Kier molecular flexibility index (Phi) is 4.21. The summed E-state index contributed by atoms with van der Waals surface area (Å²) in [5, 5.41) is 0. The lowest BCUT2D eigenvalue weighted by molar-refractivity contribution is 0.0594. The van der Waals surface area contributed by atoms with Gasteiger partial charge in [0.25, 0.3) is 0 Å². The third-order valence-corrected chi connectivity index (χ3v) is 3.16. The number of ether oxygens (including phenoxy) is 2. The molecule has 0 aliphatic carbocycles. The van der Waals surface area contributed by atoms with Crippen LogP contribution in [0.25, 0.3) is 0 Å². The highest BCUT2D eigenvalue weighted by atomic mass is 16.5. The van der Waals surface area contributed by atoms with E-state index in [1.807, 2.05) is 11.9 Å². The Morgan fingerprint density at radius 2 is 2.42 bits per heavy atom. The summed E-state index contributed by atoms with van der Waals surface area (Å²) < 4.78 is 10.2. The van der Waals surface area contributed by atoms with Crippen molar-refractivity contribution in [1.82, 2.24) is 4.98 Å². The lowest BCUT2D eigenvalue weighted by atomic mass is 10.2. The minimum Gasteiger partial charge on any atom is -0.464 e. The number of carbonyl (C=O) groups is 1. The Morgan fingerprint density at radius 3 is 3.05 bits per heavy atom. The van der Waals surface area contributed by atoms with E-state index in [0.717, 1.165) is 19.4 Å². The van der Waals surface area contributed by atoms with E-state index in [1.54, 1.807) is 12.1 Å². The molecular formula is C13H19N3O3. The first-order chi connectivity index (χ1) is 9.11. The third-order valence-electron chi connectivity index (χ3n) is 3.16. The highest BCUT2D eigenvalue weighted by Gasteiger charge is 2.20. The smallest absolute Gasteiger partial charge is 0.356 e. The van der Waals surface area contributed by atoms with Crippen molar-refractivity contribution in [1.29, 1.82) is 0 Å². The van der Waals surface area contributed by atoms with Gasteiger partial charge in [-0.1, -0.05) is 0 Å². The zero-order chi connectivity index (χ0) is 13.8. The number of aromatic nitrogens is 1. The van der Waals surface area contributed by atoms with E-state index >= 15 is 0 Å². The maximum Gasteiger partial charge on any atom is 0.356 e. The maximum absolute atomic E-state index is 11.5. The molecule has 2 rings (SSSR count). The average molecular weight is 265 g/mol. The van der Waals surface area contributed by atoms with Gasteiger partial charge >= 0.3 is 5.97 Å². The monoisotopic (exact) mass is 265 g/mol. The highest BCUT2D eigenvalue weighted by Crippen LogP contribution is 2.22. The molecule has 0 aromatic carbocycles. The average Bonchev–Trinajstić information content (AvgIpc) is 2.91. The van der Waals surface area contributed by atoms with Gasteiger partial charge in [0.05, 0.1) is 18.9 Å². The van der Waals surface area contributed by atoms with Crippen molar-refractivity contribution in [3.63, 3.8) is 0 Å². The fourth-order valence-corrected chi connectivity index (χ4v) is 2.16. The van der Waals surface area contributed by atoms with Gasteiger partial charge in [-0.15, -0.1) is 0 Å². The Hall–Kier alpha value is -1.82.